The lowest BCUT2D eigenvalue weighted by molar-refractivity contribution is 0.217. The molecule has 0 fully saturated rings. The molecule has 2 aromatic carbocycles. The van der Waals surface area contributed by atoms with Crippen LogP contribution in [0.25, 0.3) is 0 Å². The average molecular weight is 406 g/mol. The zero-order valence-electron chi connectivity index (χ0n) is 15.9. The number of carbonyl (C=O) groups excluding carboxylic acids is 1. The van der Waals surface area contributed by atoms with Crippen LogP contribution in [-0.2, 0) is 6.54 Å². The number of anilines is 1. The second-order valence-corrected chi connectivity index (χ2v) is 7.77. The number of urea groups is 1. The molecule has 2 aromatic rings. The molecule has 1 N–H and O–H groups in total. The number of amides is 2. The molecule has 1 aliphatic heterocycles. The van der Waals surface area contributed by atoms with E-state index < -0.39 is 0 Å². The van der Waals surface area contributed by atoms with Crippen molar-refractivity contribution in [3.05, 3.63) is 63.1 Å². The first-order valence-corrected chi connectivity index (χ1v) is 10.0. The summed E-state index contributed by atoms with van der Waals surface area (Å²) in [5.74, 6) is 0.197. The number of hydrogen-bond acceptors (Lipinski definition) is 2. The van der Waals surface area contributed by atoms with Gasteiger partial charge in [0.15, 0.2) is 0 Å². The molecule has 1 heterocycles. The minimum atomic E-state index is -0.0749. The van der Waals surface area contributed by atoms with Crippen LogP contribution < -0.4 is 5.32 Å². The number of hydrogen-bond donors (Lipinski definition) is 1. The second kappa shape index (κ2) is 8.51. The summed E-state index contributed by atoms with van der Waals surface area (Å²) in [4.78, 5) is 16.2. The average Bonchev–Trinajstić information content (AvgIpc) is 2.63. The van der Waals surface area contributed by atoms with Crippen LogP contribution in [0.15, 0.2) is 36.4 Å². The Hall–Kier alpha value is -1.75. The molecule has 1 aliphatic rings. The van der Waals surface area contributed by atoms with Gasteiger partial charge < -0.3 is 15.1 Å². The smallest absolute Gasteiger partial charge is 0.321 e. The maximum Gasteiger partial charge on any atom is 0.321 e. The molecule has 0 aromatic heterocycles. The van der Waals surface area contributed by atoms with Crippen molar-refractivity contribution < 1.29 is 4.79 Å². The maximum atomic E-state index is 12.2. The SMILES string of the molecule is CCN(CC)C(=O)Nc1ccc(C2CN(C)Cc3c(Cl)cc(Cl)cc32)cc1. The first-order valence-electron chi connectivity index (χ1n) is 9.25. The van der Waals surface area contributed by atoms with Gasteiger partial charge >= 0.3 is 6.03 Å². The summed E-state index contributed by atoms with van der Waals surface area (Å²) in [6.45, 7) is 7.04. The number of rotatable bonds is 4. The zero-order valence-corrected chi connectivity index (χ0v) is 17.4. The van der Waals surface area contributed by atoms with Gasteiger partial charge in [0.2, 0.25) is 0 Å². The minimum absolute atomic E-state index is 0.0749. The van der Waals surface area contributed by atoms with E-state index in [1.54, 1.807) is 4.90 Å². The predicted molar refractivity (Wildman–Crippen MR) is 113 cm³/mol. The van der Waals surface area contributed by atoms with Gasteiger partial charge in [-0.1, -0.05) is 35.3 Å². The number of benzene rings is 2. The largest absolute Gasteiger partial charge is 0.325 e. The molecule has 27 heavy (non-hydrogen) atoms. The molecule has 0 bridgehead atoms. The van der Waals surface area contributed by atoms with Gasteiger partial charge in [-0.15, -0.1) is 0 Å². The summed E-state index contributed by atoms with van der Waals surface area (Å²) in [6, 6.07) is 11.8. The van der Waals surface area contributed by atoms with Crippen LogP contribution in [0.5, 0.6) is 0 Å². The van der Waals surface area contributed by atoms with Crippen molar-refractivity contribution >= 4 is 34.9 Å². The Kier molecular flexibility index (Phi) is 6.30. The maximum absolute atomic E-state index is 12.2. The van der Waals surface area contributed by atoms with Gasteiger partial charge in [-0.3, -0.25) is 0 Å². The van der Waals surface area contributed by atoms with Crippen LogP contribution in [0.1, 0.15) is 36.5 Å². The highest BCUT2D eigenvalue weighted by Crippen LogP contribution is 2.38. The summed E-state index contributed by atoms with van der Waals surface area (Å²) in [5.41, 5.74) is 4.30. The van der Waals surface area contributed by atoms with E-state index in [-0.39, 0.29) is 11.9 Å². The second-order valence-electron chi connectivity index (χ2n) is 6.93. The van der Waals surface area contributed by atoms with E-state index >= 15 is 0 Å². The lowest BCUT2D eigenvalue weighted by atomic mass is 9.85. The zero-order chi connectivity index (χ0) is 19.6. The van der Waals surface area contributed by atoms with Crippen LogP contribution in [0.3, 0.4) is 0 Å². The number of carbonyl (C=O) groups is 1. The molecule has 1 atom stereocenters. The number of fused-ring (bicyclic) bond motifs is 1. The number of nitrogens with one attached hydrogen (secondary N) is 1. The molecular weight excluding hydrogens is 381 g/mol. The molecule has 3 rings (SSSR count). The lowest BCUT2D eigenvalue weighted by Crippen LogP contribution is -2.34. The van der Waals surface area contributed by atoms with Gasteiger partial charge in [-0.05, 0) is 61.9 Å². The molecule has 0 saturated heterocycles. The van der Waals surface area contributed by atoms with Gasteiger partial charge in [0.1, 0.15) is 0 Å². The third-order valence-corrected chi connectivity index (χ3v) is 5.66. The predicted octanol–water partition coefficient (Wildman–Crippen LogP) is 5.44. The fraction of sp³-hybridized carbons (Fsp3) is 0.381. The summed E-state index contributed by atoms with van der Waals surface area (Å²) in [5, 5.41) is 4.34. The van der Waals surface area contributed by atoms with Crippen molar-refractivity contribution in [1.29, 1.82) is 0 Å². The molecule has 144 valence electrons. The van der Waals surface area contributed by atoms with Crippen molar-refractivity contribution in [1.82, 2.24) is 9.80 Å². The molecule has 4 nitrogen and oxygen atoms in total. The lowest BCUT2D eigenvalue weighted by Gasteiger charge is -2.33. The van der Waals surface area contributed by atoms with Crippen LogP contribution in [0, 0.1) is 0 Å². The Morgan fingerprint density at radius 1 is 1.19 bits per heavy atom. The van der Waals surface area contributed by atoms with Gasteiger partial charge in [-0.2, -0.15) is 0 Å². The monoisotopic (exact) mass is 405 g/mol. The van der Waals surface area contributed by atoms with Crippen LogP contribution in [-0.4, -0.2) is 42.5 Å². The van der Waals surface area contributed by atoms with Crippen molar-refractivity contribution in [2.45, 2.75) is 26.3 Å². The van der Waals surface area contributed by atoms with E-state index in [1.807, 2.05) is 38.1 Å². The number of nitrogens with zero attached hydrogens (tertiary/aromatic N) is 2. The number of likely N-dealkylation sites (N-methyl/N-ethyl adjacent to an activating group) is 1. The Labute approximate surface area is 171 Å². The molecule has 0 spiro atoms. The van der Waals surface area contributed by atoms with E-state index in [1.165, 1.54) is 11.1 Å². The summed E-state index contributed by atoms with van der Waals surface area (Å²) < 4.78 is 0. The van der Waals surface area contributed by atoms with Crippen molar-refractivity contribution in [2.75, 3.05) is 32.0 Å². The first kappa shape index (κ1) is 20.0. The molecule has 0 radical (unpaired) electrons. The molecule has 0 saturated carbocycles. The third-order valence-electron chi connectivity index (χ3n) is 5.11. The Morgan fingerprint density at radius 3 is 2.48 bits per heavy atom. The van der Waals surface area contributed by atoms with Gasteiger partial charge in [0.25, 0.3) is 0 Å². The van der Waals surface area contributed by atoms with E-state index in [2.05, 4.69) is 29.4 Å². The van der Waals surface area contributed by atoms with E-state index in [0.717, 1.165) is 29.4 Å². The van der Waals surface area contributed by atoms with Gasteiger partial charge in [-0.25, -0.2) is 4.79 Å². The quantitative estimate of drug-likeness (QED) is 0.734. The third kappa shape index (κ3) is 4.40. The Bertz CT molecular complexity index is 819. The summed E-state index contributed by atoms with van der Waals surface area (Å²) >= 11 is 12.7. The highest BCUT2D eigenvalue weighted by Gasteiger charge is 2.27. The molecule has 0 aliphatic carbocycles. The highest BCUT2D eigenvalue weighted by atomic mass is 35.5. The molecule has 1 unspecified atom stereocenters. The van der Waals surface area contributed by atoms with E-state index in [0.29, 0.717) is 18.1 Å². The molecule has 2 amide bonds. The fourth-order valence-corrected chi connectivity index (χ4v) is 4.21. The van der Waals surface area contributed by atoms with Crippen molar-refractivity contribution in [2.24, 2.45) is 0 Å². The minimum Gasteiger partial charge on any atom is -0.325 e. The summed E-state index contributed by atoms with van der Waals surface area (Å²) in [7, 11) is 2.10. The van der Waals surface area contributed by atoms with Crippen LogP contribution in [0.4, 0.5) is 10.5 Å². The van der Waals surface area contributed by atoms with Crippen molar-refractivity contribution in [3.63, 3.8) is 0 Å². The fourth-order valence-electron chi connectivity index (χ4n) is 3.64. The Balaban J connectivity index is 1.85. The van der Waals surface area contributed by atoms with Crippen LogP contribution >= 0.6 is 23.2 Å². The van der Waals surface area contributed by atoms with E-state index in [9.17, 15) is 4.79 Å². The standard InChI is InChI=1S/C21H25Cl2N3O/c1-4-26(5-2)21(27)24-16-8-6-14(7-9-16)18-12-25(3)13-19-17(18)10-15(22)11-20(19)23/h6-11,18H,4-5,12-13H2,1-3H3,(H,24,27). The van der Waals surface area contributed by atoms with Gasteiger partial charge in [0.05, 0.1) is 0 Å². The van der Waals surface area contributed by atoms with Crippen LogP contribution in [0.2, 0.25) is 10.0 Å². The van der Waals surface area contributed by atoms with Gasteiger partial charge in [0, 0.05) is 47.8 Å². The molecular formula is C21H25Cl2N3O. The first-order chi connectivity index (χ1) is 12.9. The van der Waals surface area contributed by atoms with E-state index in [4.69, 9.17) is 23.2 Å². The normalized spacial score (nSPS) is 16.7. The Morgan fingerprint density at radius 2 is 1.85 bits per heavy atom. The molecule has 6 heteroatoms. The topological polar surface area (TPSA) is 35.6 Å². The highest BCUT2D eigenvalue weighted by molar-refractivity contribution is 6.35. The summed E-state index contributed by atoms with van der Waals surface area (Å²) in [6.07, 6.45) is 0. The number of halogens is 2. The van der Waals surface area contributed by atoms with Crippen molar-refractivity contribution in [3.8, 4) is 0 Å².